The van der Waals surface area contributed by atoms with Crippen LogP contribution in [0.1, 0.15) is 17.7 Å². The maximum absolute atomic E-state index is 13.5. The number of thiocarbonyl (C=S) groups is 1. The number of carbonyl (C=O) groups is 2. The quantitative estimate of drug-likeness (QED) is 0.653. The summed E-state index contributed by atoms with van der Waals surface area (Å²) in [6.45, 7) is 1.43. The third kappa shape index (κ3) is 3.41. The first kappa shape index (κ1) is 18.7. The summed E-state index contributed by atoms with van der Waals surface area (Å²) in [5, 5.41) is 4.55. The molecule has 0 unspecified atom stereocenters. The van der Waals surface area contributed by atoms with Crippen LogP contribution in [0.5, 0.6) is 0 Å². The fourth-order valence-electron chi connectivity index (χ4n) is 3.47. The molecule has 140 valence electrons. The van der Waals surface area contributed by atoms with Crippen molar-refractivity contribution < 1.29 is 9.59 Å². The second-order valence-corrected chi connectivity index (χ2v) is 8.34. The van der Waals surface area contributed by atoms with Gasteiger partial charge in [0.15, 0.2) is 0 Å². The minimum Gasteiger partial charge on any atom is -0.343 e. The van der Waals surface area contributed by atoms with Crippen LogP contribution >= 0.6 is 24.0 Å². The summed E-state index contributed by atoms with van der Waals surface area (Å²) in [6.07, 6.45) is 0. The van der Waals surface area contributed by atoms with Gasteiger partial charge in [-0.25, -0.2) is 0 Å². The average molecular weight is 407 g/mol. The van der Waals surface area contributed by atoms with Gasteiger partial charge in [0.05, 0.1) is 10.9 Å². The molecule has 0 spiro atoms. The Labute approximate surface area is 172 Å². The molecule has 3 aromatic rings. The van der Waals surface area contributed by atoms with Gasteiger partial charge in [0.2, 0.25) is 5.91 Å². The second-order valence-electron chi connectivity index (χ2n) is 6.57. The Balaban J connectivity index is 1.79. The fourth-order valence-corrected chi connectivity index (χ4v) is 5.09. The van der Waals surface area contributed by atoms with Gasteiger partial charge in [0.25, 0.3) is 5.91 Å². The molecule has 4 nitrogen and oxygen atoms in total. The predicted molar refractivity (Wildman–Crippen MR) is 118 cm³/mol. The van der Waals surface area contributed by atoms with Gasteiger partial charge in [0.1, 0.15) is 10.4 Å². The van der Waals surface area contributed by atoms with E-state index in [9.17, 15) is 9.59 Å². The molecule has 0 radical (unpaired) electrons. The van der Waals surface area contributed by atoms with E-state index in [4.69, 9.17) is 12.2 Å². The molecule has 1 aliphatic heterocycles. The predicted octanol–water partition coefficient (Wildman–Crippen LogP) is 4.45. The summed E-state index contributed by atoms with van der Waals surface area (Å²) in [7, 11) is 0. The number of hydrogen-bond donors (Lipinski definition) is 1. The highest BCUT2D eigenvalue weighted by Gasteiger charge is 2.42. The minimum atomic E-state index is -0.699. The monoisotopic (exact) mass is 406 g/mol. The number of fused-ring (bicyclic) bond motifs is 1. The lowest BCUT2D eigenvalue weighted by molar-refractivity contribution is -0.126. The van der Waals surface area contributed by atoms with Crippen molar-refractivity contribution in [3.05, 3.63) is 78.4 Å². The van der Waals surface area contributed by atoms with Crippen molar-refractivity contribution in [2.45, 2.75) is 18.2 Å². The van der Waals surface area contributed by atoms with Crippen molar-refractivity contribution in [3.63, 3.8) is 0 Å². The summed E-state index contributed by atoms with van der Waals surface area (Å²) in [4.78, 5) is 26.9. The topological polar surface area (TPSA) is 49.4 Å². The maximum atomic E-state index is 13.5. The number of nitrogens with zero attached hydrogens (tertiary/aromatic N) is 1. The molecule has 0 bridgehead atoms. The van der Waals surface area contributed by atoms with Gasteiger partial charge in [-0.1, -0.05) is 90.7 Å². The first-order valence-electron chi connectivity index (χ1n) is 8.90. The number of nitrogens with one attached hydrogen (secondary N) is 1. The molecular formula is C22H18N2O2S2. The molecule has 3 aromatic carbocycles. The highest BCUT2D eigenvalue weighted by molar-refractivity contribution is 8.23. The minimum absolute atomic E-state index is 0.218. The lowest BCUT2D eigenvalue weighted by atomic mass is 10.0. The largest absolute Gasteiger partial charge is 0.343 e. The standard InChI is InChI=1S/C22H18N2O2S2/c1-14(25)23-19-20(16-9-3-2-4-10-16)28-22(27)24(21(19)26)18-13-7-11-15-8-5-6-12-17(15)18/h2-13,19-20H,1H3,(H,23,25)/t19-,20+/m0/s1. The van der Waals surface area contributed by atoms with Gasteiger partial charge in [-0.15, -0.1) is 0 Å². The van der Waals surface area contributed by atoms with Crippen molar-refractivity contribution in [1.29, 1.82) is 0 Å². The van der Waals surface area contributed by atoms with E-state index in [0.717, 1.165) is 22.0 Å². The highest BCUT2D eigenvalue weighted by atomic mass is 32.2. The van der Waals surface area contributed by atoms with E-state index in [1.54, 1.807) is 4.90 Å². The van der Waals surface area contributed by atoms with E-state index in [2.05, 4.69) is 5.32 Å². The molecule has 1 fully saturated rings. The Morgan fingerprint density at radius 2 is 1.68 bits per heavy atom. The van der Waals surface area contributed by atoms with Crippen molar-refractivity contribution in [1.82, 2.24) is 5.32 Å². The van der Waals surface area contributed by atoms with Crippen molar-refractivity contribution in [2.75, 3.05) is 4.90 Å². The molecule has 0 aromatic heterocycles. The molecular weight excluding hydrogens is 388 g/mol. The van der Waals surface area contributed by atoms with Crippen LogP contribution < -0.4 is 10.2 Å². The van der Waals surface area contributed by atoms with Crippen LogP contribution in [0.25, 0.3) is 10.8 Å². The van der Waals surface area contributed by atoms with E-state index in [1.165, 1.54) is 18.7 Å². The zero-order valence-electron chi connectivity index (χ0n) is 15.2. The van der Waals surface area contributed by atoms with Gasteiger partial charge < -0.3 is 5.32 Å². The van der Waals surface area contributed by atoms with Gasteiger partial charge in [0, 0.05) is 12.3 Å². The third-order valence-corrected chi connectivity index (χ3v) is 6.35. The van der Waals surface area contributed by atoms with E-state index >= 15 is 0 Å². The van der Waals surface area contributed by atoms with Crippen LogP contribution in [-0.2, 0) is 9.59 Å². The average Bonchev–Trinajstić information content (AvgIpc) is 2.70. The Morgan fingerprint density at radius 1 is 1.00 bits per heavy atom. The van der Waals surface area contributed by atoms with E-state index in [1.807, 2.05) is 72.8 Å². The molecule has 2 atom stereocenters. The van der Waals surface area contributed by atoms with Gasteiger partial charge in [-0.05, 0) is 17.0 Å². The lowest BCUT2D eigenvalue weighted by Crippen LogP contribution is -2.55. The molecule has 0 aliphatic carbocycles. The van der Waals surface area contributed by atoms with Crippen LogP contribution in [0, 0.1) is 0 Å². The van der Waals surface area contributed by atoms with E-state index in [-0.39, 0.29) is 17.1 Å². The Morgan fingerprint density at radius 3 is 2.43 bits per heavy atom. The fraction of sp³-hybridized carbons (Fsp3) is 0.136. The van der Waals surface area contributed by atoms with Gasteiger partial charge >= 0.3 is 0 Å². The normalized spacial score (nSPS) is 19.7. The first-order chi connectivity index (χ1) is 13.6. The number of carbonyl (C=O) groups excluding carboxylic acids is 2. The van der Waals surface area contributed by atoms with E-state index < -0.39 is 6.04 Å². The molecule has 6 heteroatoms. The number of rotatable bonds is 3. The molecule has 1 N–H and O–H groups in total. The summed E-state index contributed by atoms with van der Waals surface area (Å²) < 4.78 is 0.483. The van der Waals surface area contributed by atoms with Crippen molar-refractivity contribution in [2.24, 2.45) is 0 Å². The summed E-state index contributed by atoms with van der Waals surface area (Å²) in [5.41, 5.74) is 1.70. The summed E-state index contributed by atoms with van der Waals surface area (Å²) in [5.74, 6) is -0.463. The summed E-state index contributed by atoms with van der Waals surface area (Å²) >= 11 is 7.07. The molecule has 4 rings (SSSR count). The number of amides is 2. The maximum Gasteiger partial charge on any atom is 0.256 e. The van der Waals surface area contributed by atoms with Crippen LogP contribution in [-0.4, -0.2) is 22.2 Å². The third-order valence-electron chi connectivity index (χ3n) is 4.69. The number of thioether (sulfide) groups is 1. The van der Waals surface area contributed by atoms with Crippen molar-refractivity contribution in [3.8, 4) is 0 Å². The second kappa shape index (κ2) is 7.73. The molecule has 1 heterocycles. The molecule has 1 aliphatic rings. The van der Waals surface area contributed by atoms with Crippen molar-refractivity contribution >= 4 is 56.6 Å². The summed E-state index contributed by atoms with van der Waals surface area (Å²) in [6, 6.07) is 22.7. The van der Waals surface area contributed by atoms with Gasteiger partial charge in [-0.3, -0.25) is 14.5 Å². The highest BCUT2D eigenvalue weighted by Crippen LogP contribution is 2.42. The Kier molecular flexibility index (Phi) is 5.15. The zero-order chi connectivity index (χ0) is 19.7. The zero-order valence-corrected chi connectivity index (χ0v) is 16.8. The molecule has 2 amide bonds. The Hall–Kier alpha value is -2.70. The molecule has 28 heavy (non-hydrogen) atoms. The SMILES string of the molecule is CC(=O)N[C@@H]1C(=O)N(c2cccc3ccccc23)C(=S)S[C@@H]1c1ccccc1. The lowest BCUT2D eigenvalue weighted by Gasteiger charge is -2.38. The Bertz CT molecular complexity index is 1060. The van der Waals surface area contributed by atoms with Crippen LogP contribution in [0.15, 0.2) is 72.8 Å². The van der Waals surface area contributed by atoms with Crippen LogP contribution in [0.4, 0.5) is 5.69 Å². The smallest absolute Gasteiger partial charge is 0.256 e. The number of benzene rings is 3. The first-order valence-corrected chi connectivity index (χ1v) is 10.2. The number of anilines is 1. The molecule has 1 saturated heterocycles. The molecule has 0 saturated carbocycles. The van der Waals surface area contributed by atoms with Crippen LogP contribution in [0.3, 0.4) is 0 Å². The van der Waals surface area contributed by atoms with Crippen LogP contribution in [0.2, 0.25) is 0 Å². The van der Waals surface area contributed by atoms with E-state index in [0.29, 0.717) is 4.32 Å². The number of hydrogen-bond acceptors (Lipinski definition) is 4. The van der Waals surface area contributed by atoms with Gasteiger partial charge in [-0.2, -0.15) is 0 Å².